The molecule has 0 atom stereocenters. The first kappa shape index (κ1) is 42.7. The van der Waals surface area contributed by atoms with Crippen molar-refractivity contribution in [2.24, 2.45) is 0 Å². The van der Waals surface area contributed by atoms with Crippen LogP contribution in [0.15, 0.2) is 194 Å². The summed E-state index contributed by atoms with van der Waals surface area (Å²) in [6, 6.07) is 55.3. The van der Waals surface area contributed by atoms with E-state index >= 15 is 0 Å². The summed E-state index contributed by atoms with van der Waals surface area (Å²) >= 11 is 0. The van der Waals surface area contributed by atoms with Gasteiger partial charge in [-0.15, -0.1) is 23.8 Å². The summed E-state index contributed by atoms with van der Waals surface area (Å²) in [5.74, 6) is 0.634. The van der Waals surface area contributed by atoms with Crippen molar-refractivity contribution in [2.45, 2.75) is 78.6 Å². The zero-order valence-corrected chi connectivity index (χ0v) is 44.0. The summed E-state index contributed by atoms with van der Waals surface area (Å²) in [7, 11) is 0. The molecule has 0 radical (unpaired) electrons. The number of para-hydroxylation sites is 1. The first-order valence-electron chi connectivity index (χ1n) is 26.5. The second kappa shape index (κ2) is 19.2. The number of nitrogens with zero attached hydrogens (tertiary/aromatic N) is 3. The Kier molecular flexibility index (Phi) is 11.6. The number of pyridine rings is 1. The minimum Gasteiger partial charge on any atom is -0.507 e. The van der Waals surface area contributed by atoms with Crippen molar-refractivity contribution in [1.82, 2.24) is 14.5 Å². The van der Waals surface area contributed by atoms with E-state index in [4.69, 9.17) is 16.8 Å². The van der Waals surface area contributed by atoms with E-state index in [1.807, 2.05) is 91.1 Å². The number of aromatic nitrogens is 3. The van der Waals surface area contributed by atoms with Crippen LogP contribution < -0.4 is 0 Å². The SMILES string of the molecule is [2H]c1c([2H])c([2H])c(-c2ccc(-n3c(-c4cc(C(C)(C)C)cc(C(C)(C)C)c4O)nc4c(-c5[c-]c(-c6cc(-c7ccc(C(C)(C)C)cc7)ccn6)cc(-c6ccccc6)c5)cccc43)c(-c3ccccc3)c2)c([2H])c1[2H].[Pt]. The molecule has 71 heavy (non-hydrogen) atoms. The average molecular weight is 1110 g/mol. The normalized spacial score (nSPS) is 12.9. The van der Waals surface area contributed by atoms with Gasteiger partial charge < -0.3 is 5.11 Å². The van der Waals surface area contributed by atoms with Gasteiger partial charge in [0.05, 0.1) is 29.1 Å². The number of fused-ring (bicyclic) bond motifs is 1. The molecular formula is C66H60N3OPt-. The Labute approximate surface area is 441 Å². The predicted octanol–water partition coefficient (Wildman–Crippen LogP) is 17.5. The van der Waals surface area contributed by atoms with E-state index in [0.29, 0.717) is 28.2 Å². The Hall–Kier alpha value is -7.13. The Morgan fingerprint density at radius 2 is 1.11 bits per heavy atom. The van der Waals surface area contributed by atoms with Crippen LogP contribution in [0, 0.1) is 6.07 Å². The molecule has 0 aliphatic carbocycles. The van der Waals surface area contributed by atoms with Crippen molar-refractivity contribution in [3.8, 4) is 89.7 Å². The number of hydrogen-bond acceptors (Lipinski definition) is 3. The molecule has 0 saturated heterocycles. The smallest absolute Gasteiger partial charge is 0.148 e. The van der Waals surface area contributed by atoms with Crippen LogP contribution in [-0.2, 0) is 37.3 Å². The van der Waals surface area contributed by atoms with Gasteiger partial charge in [0.2, 0.25) is 0 Å². The van der Waals surface area contributed by atoms with Gasteiger partial charge in [0.25, 0.3) is 0 Å². The van der Waals surface area contributed by atoms with E-state index < -0.39 is 23.5 Å². The molecule has 2 heterocycles. The van der Waals surface area contributed by atoms with Crippen molar-refractivity contribution < 1.29 is 33.0 Å². The fourth-order valence-electron chi connectivity index (χ4n) is 9.25. The van der Waals surface area contributed by atoms with E-state index in [9.17, 15) is 5.11 Å². The molecule has 0 bridgehead atoms. The maximum atomic E-state index is 12.7. The Balaban J connectivity index is 0.00000706. The third-order valence-corrected chi connectivity index (χ3v) is 13.2. The first-order valence-corrected chi connectivity index (χ1v) is 24.0. The van der Waals surface area contributed by atoms with Crippen LogP contribution in [-0.4, -0.2) is 19.6 Å². The number of phenols is 1. The summed E-state index contributed by atoms with van der Waals surface area (Å²) < 4.78 is 45.4. The number of rotatable bonds is 8. The van der Waals surface area contributed by atoms with Crippen molar-refractivity contribution >= 4 is 11.0 Å². The number of phenolic OH excluding ortho intramolecular Hbond substituents is 1. The van der Waals surface area contributed by atoms with E-state index in [-0.39, 0.29) is 55.3 Å². The second-order valence-corrected chi connectivity index (χ2v) is 21.3. The van der Waals surface area contributed by atoms with Gasteiger partial charge in [-0.2, -0.15) is 0 Å². The molecule has 0 fully saturated rings. The van der Waals surface area contributed by atoms with Crippen molar-refractivity contribution in [3.63, 3.8) is 0 Å². The maximum Gasteiger partial charge on any atom is 0.148 e. The average Bonchev–Trinajstić information content (AvgIpc) is 3.82. The van der Waals surface area contributed by atoms with Gasteiger partial charge in [0.15, 0.2) is 0 Å². The van der Waals surface area contributed by atoms with Crippen molar-refractivity contribution in [3.05, 3.63) is 217 Å². The van der Waals surface area contributed by atoms with Crippen molar-refractivity contribution in [1.29, 1.82) is 0 Å². The van der Waals surface area contributed by atoms with Crippen molar-refractivity contribution in [2.75, 3.05) is 0 Å². The molecule has 2 aromatic heterocycles. The summed E-state index contributed by atoms with van der Waals surface area (Å²) in [4.78, 5) is 10.6. The molecule has 0 spiro atoms. The number of benzene rings is 8. The molecule has 5 heteroatoms. The standard InChI is InChI=1S/C66H60N3O.Pt/c1-64(2,3)52-31-28-45(29-32-52)48-34-35-67-58(40-48)51-37-49(44-22-15-11-16-23-44)36-50(38-51)54-26-19-27-60-61(54)68-63(56-41-53(65(4,5)6)42-57(62(56)70)66(7,8)9)69(60)59-33-30-47(43-20-13-10-14-21-43)39-55(59)46-24-17-12-18-25-46;/h10-37,39-42,70H,1-9H3;/q-1;/i10D,13D,14D,20D,21D;. The minimum atomic E-state index is -0.448. The quantitative estimate of drug-likeness (QED) is 0.154. The van der Waals surface area contributed by atoms with E-state index in [2.05, 4.69) is 146 Å². The third kappa shape index (κ3) is 9.84. The number of imidazole rings is 1. The van der Waals surface area contributed by atoms with Gasteiger partial charge in [0.1, 0.15) is 11.6 Å². The first-order chi connectivity index (χ1) is 35.6. The van der Waals surface area contributed by atoms with Gasteiger partial charge in [-0.1, -0.05) is 224 Å². The van der Waals surface area contributed by atoms with Gasteiger partial charge >= 0.3 is 0 Å². The van der Waals surface area contributed by atoms with Crippen LogP contribution in [0.4, 0.5) is 0 Å². The molecule has 0 amide bonds. The molecule has 4 nitrogen and oxygen atoms in total. The van der Waals surface area contributed by atoms with Crippen LogP contribution in [0.25, 0.3) is 95.0 Å². The van der Waals surface area contributed by atoms with Crippen LogP contribution >= 0.6 is 0 Å². The van der Waals surface area contributed by atoms with E-state index in [1.165, 1.54) is 5.56 Å². The van der Waals surface area contributed by atoms with Gasteiger partial charge in [0, 0.05) is 44.1 Å². The van der Waals surface area contributed by atoms with Crippen LogP contribution in [0.1, 0.15) is 85.9 Å². The van der Waals surface area contributed by atoms with E-state index in [1.54, 1.807) is 0 Å². The molecule has 356 valence electrons. The van der Waals surface area contributed by atoms with Gasteiger partial charge in [-0.25, -0.2) is 4.98 Å². The summed E-state index contributed by atoms with van der Waals surface area (Å²) in [5, 5.41) is 12.7. The molecule has 0 aliphatic heterocycles. The number of hydrogen-bond donors (Lipinski definition) is 1. The zero-order valence-electron chi connectivity index (χ0n) is 46.7. The molecule has 8 aromatic carbocycles. The Morgan fingerprint density at radius 3 is 1.77 bits per heavy atom. The molecule has 10 rings (SSSR count). The summed E-state index contributed by atoms with van der Waals surface area (Å²) in [6.45, 7) is 19.5. The summed E-state index contributed by atoms with van der Waals surface area (Å²) in [5.41, 5.74) is 14.6. The molecule has 10 aromatic rings. The zero-order chi connectivity index (χ0) is 53.3. The van der Waals surface area contributed by atoms with Crippen LogP contribution in [0.3, 0.4) is 0 Å². The van der Waals surface area contributed by atoms with Crippen LogP contribution in [0.5, 0.6) is 5.75 Å². The van der Waals surface area contributed by atoms with Gasteiger partial charge in [-0.3, -0.25) is 9.55 Å². The van der Waals surface area contributed by atoms with Crippen LogP contribution in [0.2, 0.25) is 0 Å². The van der Waals surface area contributed by atoms with E-state index in [0.717, 1.165) is 72.4 Å². The molecule has 0 aliphatic rings. The predicted molar refractivity (Wildman–Crippen MR) is 294 cm³/mol. The topological polar surface area (TPSA) is 50.9 Å². The molecule has 0 saturated carbocycles. The van der Waals surface area contributed by atoms with Gasteiger partial charge in [-0.05, 0) is 91.1 Å². The third-order valence-electron chi connectivity index (χ3n) is 13.2. The fourth-order valence-corrected chi connectivity index (χ4v) is 9.25. The Morgan fingerprint density at radius 1 is 0.493 bits per heavy atom. The monoisotopic (exact) mass is 1110 g/mol. The maximum absolute atomic E-state index is 12.7. The summed E-state index contributed by atoms with van der Waals surface area (Å²) in [6.07, 6.45) is 1.86. The minimum absolute atomic E-state index is 0. The molecule has 0 unspecified atom stereocenters. The number of aromatic hydroxyl groups is 1. The fraction of sp³-hybridized carbons (Fsp3) is 0.182. The Bertz CT molecular complexity index is 3800. The molecule has 1 N–H and O–H groups in total. The molecular weight excluding hydrogens is 1050 g/mol. The largest absolute Gasteiger partial charge is 0.507 e. The second-order valence-electron chi connectivity index (χ2n) is 21.3.